The molecule has 0 rings (SSSR count). The summed E-state index contributed by atoms with van der Waals surface area (Å²) in [6, 6.07) is 0. The van der Waals surface area contributed by atoms with Crippen LogP contribution in [-0.4, -0.2) is 46.9 Å². The summed E-state index contributed by atoms with van der Waals surface area (Å²) in [5.41, 5.74) is 0. The number of hydrogen-bond donors (Lipinski definition) is 0. The Bertz CT molecular complexity index is 33.8. The zero-order chi connectivity index (χ0) is 3.58. The van der Waals surface area contributed by atoms with Crippen molar-refractivity contribution in [1.82, 2.24) is 0 Å². The standard InChI is InChI=1S/Ca.O3Si.Y/c;1-4(2)3;/q+2;-2;+3. The van der Waals surface area contributed by atoms with E-state index in [0.717, 1.165) is 0 Å². The van der Waals surface area contributed by atoms with E-state index >= 15 is 0 Å². The van der Waals surface area contributed by atoms with Crippen LogP contribution >= 0.6 is 0 Å². The molecule has 3 nitrogen and oxygen atoms in total. The normalized spacial score (nSPS) is 4.00. The van der Waals surface area contributed by atoms with E-state index in [1.165, 1.54) is 0 Å². The van der Waals surface area contributed by atoms with Crippen LogP contribution in [0.2, 0.25) is 0 Å². The minimum absolute atomic E-state index is 0. The first-order chi connectivity index (χ1) is 1.73. The molecule has 0 aromatic rings. The van der Waals surface area contributed by atoms with E-state index in [2.05, 4.69) is 0 Å². The van der Waals surface area contributed by atoms with Gasteiger partial charge in [0.15, 0.2) is 0 Å². The Morgan fingerprint density at radius 2 is 1.33 bits per heavy atom. The summed E-state index contributed by atoms with van der Waals surface area (Å²) in [7, 11) is -3.63. The summed E-state index contributed by atoms with van der Waals surface area (Å²) in [5.74, 6) is 0. The quantitative estimate of drug-likeness (QED) is 0.390. The van der Waals surface area contributed by atoms with Gasteiger partial charge in [0.25, 0.3) is 0 Å². The van der Waals surface area contributed by atoms with E-state index in [1.54, 1.807) is 0 Å². The van der Waals surface area contributed by atoms with Crippen LogP contribution in [0.5, 0.6) is 0 Å². The fourth-order valence-electron chi connectivity index (χ4n) is 0. The van der Waals surface area contributed by atoms with Gasteiger partial charge in [-0.3, -0.25) is 0 Å². The zero-order valence-electron chi connectivity index (χ0n) is 3.01. The van der Waals surface area contributed by atoms with Gasteiger partial charge < -0.3 is 14.1 Å². The van der Waals surface area contributed by atoms with Crippen molar-refractivity contribution >= 4 is 46.9 Å². The Morgan fingerprint density at radius 1 is 1.33 bits per heavy atom. The van der Waals surface area contributed by atoms with Crippen molar-refractivity contribution in [1.29, 1.82) is 0 Å². The molecule has 0 heterocycles. The van der Waals surface area contributed by atoms with Gasteiger partial charge >= 0.3 is 70.4 Å². The third kappa shape index (κ3) is 37.8. The van der Waals surface area contributed by atoms with E-state index in [1.807, 2.05) is 0 Å². The summed E-state index contributed by atoms with van der Waals surface area (Å²) in [5, 5.41) is 0. The minimum Gasteiger partial charge on any atom is -0.672 e. The van der Waals surface area contributed by atoms with Gasteiger partial charge in [0.2, 0.25) is 0 Å². The van der Waals surface area contributed by atoms with Gasteiger partial charge in [-0.1, -0.05) is 0 Å². The largest absolute Gasteiger partial charge is 3.00 e. The second-order valence-corrected chi connectivity index (χ2v) is 0.750. The predicted molar refractivity (Wildman–Crippen MR) is 12.2 cm³/mol. The zero-order valence-corrected chi connectivity index (χ0v) is 9.06. The van der Waals surface area contributed by atoms with Gasteiger partial charge in [0, 0.05) is 9.17 Å². The van der Waals surface area contributed by atoms with Gasteiger partial charge in [-0.15, -0.1) is 0 Å². The molecule has 0 unspecified atom stereocenters. The Kier molecular flexibility index (Phi) is 26.3. The molecule has 0 aliphatic rings. The van der Waals surface area contributed by atoms with Crippen molar-refractivity contribution in [2.45, 2.75) is 0 Å². The molecule has 0 saturated heterocycles. The summed E-state index contributed by atoms with van der Waals surface area (Å²) in [6.07, 6.45) is 0. The molecule has 0 aromatic carbocycles. The first kappa shape index (κ1) is 15.7. The molecule has 0 N–H and O–H groups in total. The molecule has 0 bridgehead atoms. The molecule has 0 aromatic heterocycles. The van der Waals surface area contributed by atoms with E-state index in [0.29, 0.717) is 0 Å². The molecule has 0 spiro atoms. The molecule has 6 heavy (non-hydrogen) atoms. The molecule has 0 fully saturated rings. The van der Waals surface area contributed by atoms with E-state index in [4.69, 9.17) is 14.1 Å². The van der Waals surface area contributed by atoms with Crippen LogP contribution in [0, 0.1) is 0 Å². The molecular formula is CaO3SiY+3. The molecule has 0 saturated carbocycles. The molecule has 24 valence electrons. The second-order valence-electron chi connectivity index (χ2n) is 0.250. The van der Waals surface area contributed by atoms with Crippen molar-refractivity contribution in [3.63, 3.8) is 0 Å². The van der Waals surface area contributed by atoms with Gasteiger partial charge in [-0.25, -0.2) is 0 Å². The van der Waals surface area contributed by atoms with Crippen LogP contribution in [0.4, 0.5) is 0 Å². The monoisotopic (exact) mass is 205 g/mol. The fraction of sp³-hybridized carbons (Fsp3) is 0. The maximum Gasteiger partial charge on any atom is 3.00 e. The third-order valence-corrected chi connectivity index (χ3v) is 0. The van der Waals surface area contributed by atoms with Gasteiger partial charge in [0.05, 0.1) is 0 Å². The SMILES string of the molecule is O=[Si]([O-])[O-].[Ca+2].[Y+3]. The van der Waals surface area contributed by atoms with E-state index in [9.17, 15) is 0 Å². The second kappa shape index (κ2) is 10.1. The molecule has 0 aliphatic heterocycles. The van der Waals surface area contributed by atoms with Crippen molar-refractivity contribution in [2.75, 3.05) is 0 Å². The van der Waals surface area contributed by atoms with E-state index < -0.39 is 9.17 Å². The van der Waals surface area contributed by atoms with Crippen LogP contribution < -0.4 is 9.59 Å². The predicted octanol–water partition coefficient (Wildman–Crippen LogP) is -3.26. The molecule has 0 radical (unpaired) electrons. The van der Waals surface area contributed by atoms with Crippen LogP contribution in [0.25, 0.3) is 0 Å². The summed E-state index contributed by atoms with van der Waals surface area (Å²) in [4.78, 5) is 17.0. The summed E-state index contributed by atoms with van der Waals surface area (Å²) < 4.78 is 8.52. The van der Waals surface area contributed by atoms with Crippen molar-refractivity contribution < 1.29 is 46.8 Å². The first-order valence-electron chi connectivity index (χ1n) is 0.612. The average Bonchev–Trinajstić information content (AvgIpc) is 0.811. The molecule has 6 heteroatoms. The van der Waals surface area contributed by atoms with E-state index in [-0.39, 0.29) is 70.4 Å². The number of hydrogen-bond acceptors (Lipinski definition) is 3. The van der Waals surface area contributed by atoms with Crippen molar-refractivity contribution in [3.05, 3.63) is 0 Å². The van der Waals surface area contributed by atoms with Crippen LogP contribution in [0.15, 0.2) is 0 Å². The fourth-order valence-corrected chi connectivity index (χ4v) is 0. The van der Waals surface area contributed by atoms with Gasteiger partial charge in [-0.05, 0) is 0 Å². The van der Waals surface area contributed by atoms with Gasteiger partial charge in [0.1, 0.15) is 0 Å². The maximum atomic E-state index is 8.52. The molecular weight excluding hydrogens is 205 g/mol. The Labute approximate surface area is 91.9 Å². The van der Waals surface area contributed by atoms with Crippen molar-refractivity contribution in [3.8, 4) is 0 Å². The molecule has 0 atom stereocenters. The Morgan fingerprint density at radius 3 is 1.33 bits per heavy atom. The smallest absolute Gasteiger partial charge is 0.672 e. The first-order valence-corrected chi connectivity index (χ1v) is 1.84. The molecule has 0 amide bonds. The topological polar surface area (TPSA) is 63.2 Å². The summed E-state index contributed by atoms with van der Waals surface area (Å²) >= 11 is 0. The summed E-state index contributed by atoms with van der Waals surface area (Å²) in [6.45, 7) is 0. The van der Waals surface area contributed by atoms with Crippen molar-refractivity contribution in [2.24, 2.45) is 0 Å². The number of rotatable bonds is 0. The van der Waals surface area contributed by atoms with Crippen LogP contribution in [-0.2, 0) is 37.2 Å². The van der Waals surface area contributed by atoms with Crippen LogP contribution in [0.3, 0.4) is 0 Å². The van der Waals surface area contributed by atoms with Gasteiger partial charge in [-0.2, -0.15) is 0 Å². The Hall–Kier alpha value is 1.98. The Balaban J connectivity index is -0.0000000450. The maximum absolute atomic E-state index is 8.52. The third-order valence-electron chi connectivity index (χ3n) is 0. The minimum atomic E-state index is -3.63. The average molecular weight is 205 g/mol. The van der Waals surface area contributed by atoms with Crippen LogP contribution in [0.1, 0.15) is 0 Å². The molecule has 0 aliphatic carbocycles.